The van der Waals surface area contributed by atoms with E-state index in [1.807, 2.05) is 0 Å². The Morgan fingerprint density at radius 3 is 2.03 bits per heavy atom. The molecule has 1 rings (SSSR count). The summed E-state index contributed by atoms with van der Waals surface area (Å²) in [4.78, 5) is 47.3. The Hall–Kier alpha value is -2.96. The predicted molar refractivity (Wildman–Crippen MR) is 110 cm³/mol. The molecule has 1 heterocycles. The van der Waals surface area contributed by atoms with E-state index in [1.54, 1.807) is 32.7 Å². The molecule has 13 nitrogen and oxygen atoms in total. The first kappa shape index (κ1) is 28.1. The van der Waals surface area contributed by atoms with Crippen molar-refractivity contribution in [1.82, 2.24) is 9.55 Å². The van der Waals surface area contributed by atoms with Gasteiger partial charge in [-0.1, -0.05) is 12.2 Å². The number of carbonyl (C=O) groups excluding carboxylic acids is 2. The van der Waals surface area contributed by atoms with Gasteiger partial charge in [-0.25, -0.2) is 14.4 Å². The van der Waals surface area contributed by atoms with Crippen LogP contribution in [0.3, 0.4) is 0 Å². The maximum absolute atomic E-state index is 13.3. The van der Waals surface area contributed by atoms with E-state index in [0.29, 0.717) is 6.20 Å². The molecule has 0 amide bonds. The van der Waals surface area contributed by atoms with Crippen molar-refractivity contribution in [3.8, 4) is 0 Å². The Labute approximate surface area is 187 Å². The molecule has 0 fully saturated rings. The molecule has 1 aromatic rings. The summed E-state index contributed by atoms with van der Waals surface area (Å²) in [5.74, 6) is -1.16. The van der Waals surface area contributed by atoms with Crippen LogP contribution in [0.4, 0.5) is 14.0 Å². The van der Waals surface area contributed by atoms with E-state index < -0.39 is 68.9 Å². The first-order valence-corrected chi connectivity index (χ1v) is 11.3. The molecule has 0 aliphatic carbocycles. The number of rotatable bonds is 12. The topological polar surface area (TPSA) is 161 Å². The number of nitrogens with one attached hydrogen (secondary N) is 1. The van der Waals surface area contributed by atoms with Crippen molar-refractivity contribution < 1.29 is 46.5 Å². The van der Waals surface area contributed by atoms with E-state index in [9.17, 15) is 28.1 Å². The highest BCUT2D eigenvalue weighted by Crippen LogP contribution is 2.48. The first-order valence-electron chi connectivity index (χ1n) is 9.61. The summed E-state index contributed by atoms with van der Waals surface area (Å²) < 4.78 is 55.8. The largest absolute Gasteiger partial charge is 0.510 e. The van der Waals surface area contributed by atoms with Gasteiger partial charge in [0, 0.05) is 6.54 Å². The minimum absolute atomic E-state index is 0.180. The second-order valence-corrected chi connectivity index (χ2v) is 8.87. The number of hydrogen-bond acceptors (Lipinski definition) is 11. The van der Waals surface area contributed by atoms with Gasteiger partial charge in [0.25, 0.3) is 5.56 Å². The highest BCUT2D eigenvalue weighted by molar-refractivity contribution is 7.54. The average Bonchev–Trinajstić information content (AvgIpc) is 2.67. The lowest BCUT2D eigenvalue weighted by Gasteiger charge is -2.17. The van der Waals surface area contributed by atoms with Crippen molar-refractivity contribution in [3.63, 3.8) is 0 Å². The zero-order chi connectivity index (χ0) is 25.0. The molecule has 0 spiro atoms. The number of nitrogens with zero attached hydrogens (tertiary/aromatic N) is 1. The zero-order valence-corrected chi connectivity index (χ0v) is 19.4. The summed E-state index contributed by atoms with van der Waals surface area (Å²) in [5.41, 5.74) is -2.01. The summed E-state index contributed by atoms with van der Waals surface area (Å²) in [5, 5.41) is 0. The lowest BCUT2D eigenvalue weighted by molar-refractivity contribution is -0.0298. The molecule has 186 valence electrons. The third-order valence-electron chi connectivity index (χ3n) is 3.28. The van der Waals surface area contributed by atoms with Crippen LogP contribution in [-0.4, -0.2) is 53.8 Å². The first-order chi connectivity index (χ1) is 15.4. The lowest BCUT2D eigenvalue weighted by atomic mass is 10.5. The van der Waals surface area contributed by atoms with Gasteiger partial charge in [0.1, 0.15) is 0 Å². The van der Waals surface area contributed by atoms with E-state index in [0.717, 1.165) is 4.57 Å². The summed E-state index contributed by atoms with van der Waals surface area (Å²) in [6.07, 6.45) is -0.143. The van der Waals surface area contributed by atoms with E-state index in [-0.39, 0.29) is 6.54 Å². The monoisotopic (exact) mass is 496 g/mol. The minimum atomic E-state index is -4.02. The van der Waals surface area contributed by atoms with Gasteiger partial charge < -0.3 is 18.9 Å². The van der Waals surface area contributed by atoms with Crippen molar-refractivity contribution in [2.45, 2.75) is 46.4 Å². The van der Waals surface area contributed by atoms with Gasteiger partial charge in [0.05, 0.1) is 24.6 Å². The van der Waals surface area contributed by atoms with Crippen molar-refractivity contribution in [2.75, 3.05) is 19.7 Å². The van der Waals surface area contributed by atoms with E-state index >= 15 is 0 Å². The van der Waals surface area contributed by atoms with Gasteiger partial charge >= 0.3 is 25.6 Å². The number of allylic oxidation sites excluding steroid dienone is 2. The SMILES string of the molecule is CC(C)OC(=O)OCOP(=O)(C/C=C\Cn1cc(F)c(=O)[nH]c1=O)OCOC(=O)OC(C)C. The molecule has 0 aromatic carbocycles. The van der Waals surface area contributed by atoms with E-state index in [1.165, 1.54) is 12.2 Å². The molecule has 1 N–H and O–H groups in total. The Morgan fingerprint density at radius 2 is 1.55 bits per heavy atom. The lowest BCUT2D eigenvalue weighted by Crippen LogP contribution is -2.31. The van der Waals surface area contributed by atoms with Crippen molar-refractivity contribution >= 4 is 19.9 Å². The highest BCUT2D eigenvalue weighted by atomic mass is 31.2. The smallest absolute Gasteiger partial charge is 0.432 e. The number of H-pyrrole nitrogens is 1. The quantitative estimate of drug-likeness (QED) is 0.196. The number of aromatic nitrogens is 2. The molecule has 0 saturated heterocycles. The maximum atomic E-state index is 13.3. The molecule has 0 aliphatic heterocycles. The summed E-state index contributed by atoms with van der Waals surface area (Å²) in [6, 6.07) is 0. The van der Waals surface area contributed by atoms with Crippen molar-refractivity contribution in [3.05, 3.63) is 45.0 Å². The van der Waals surface area contributed by atoms with E-state index in [4.69, 9.17) is 18.5 Å². The van der Waals surface area contributed by atoms with Crippen molar-refractivity contribution in [1.29, 1.82) is 0 Å². The molecular weight excluding hydrogens is 470 g/mol. The van der Waals surface area contributed by atoms with Crippen molar-refractivity contribution in [2.24, 2.45) is 0 Å². The molecule has 15 heteroatoms. The average molecular weight is 496 g/mol. The fourth-order valence-electron chi connectivity index (χ4n) is 1.92. The fourth-order valence-corrected chi connectivity index (χ4v) is 3.03. The summed E-state index contributed by atoms with van der Waals surface area (Å²) in [7, 11) is -4.02. The summed E-state index contributed by atoms with van der Waals surface area (Å²) in [6.45, 7) is 4.60. The molecule has 0 aliphatic rings. The van der Waals surface area contributed by atoms with Crippen LogP contribution in [0, 0.1) is 5.82 Å². The molecule has 0 atom stereocenters. The van der Waals surface area contributed by atoms with Crippen LogP contribution in [0.15, 0.2) is 27.9 Å². The Bertz CT molecular complexity index is 954. The van der Waals surface area contributed by atoms with Crippen LogP contribution in [0.2, 0.25) is 0 Å². The molecule has 0 radical (unpaired) electrons. The second-order valence-electron chi connectivity index (χ2n) is 6.77. The number of carbonyl (C=O) groups is 2. The van der Waals surface area contributed by atoms with E-state index in [2.05, 4.69) is 9.47 Å². The van der Waals surface area contributed by atoms with Crippen LogP contribution < -0.4 is 11.2 Å². The van der Waals surface area contributed by atoms with Gasteiger partial charge in [-0.15, -0.1) is 0 Å². The number of aromatic amines is 1. The van der Waals surface area contributed by atoms with Gasteiger partial charge in [-0.2, -0.15) is 4.39 Å². The third kappa shape index (κ3) is 11.5. The molecule has 1 aromatic heterocycles. The van der Waals surface area contributed by atoms with Gasteiger partial charge in [-0.05, 0) is 27.7 Å². The second kappa shape index (κ2) is 13.6. The highest BCUT2D eigenvalue weighted by Gasteiger charge is 2.25. The molecule has 0 bridgehead atoms. The zero-order valence-electron chi connectivity index (χ0n) is 18.5. The third-order valence-corrected chi connectivity index (χ3v) is 4.94. The molecular formula is C18H26FN2O11P. The van der Waals surface area contributed by atoms with Gasteiger partial charge in [0.15, 0.2) is 0 Å². The van der Waals surface area contributed by atoms with Crippen LogP contribution in [0.1, 0.15) is 27.7 Å². The standard InChI is InChI=1S/C18H26FN2O11P/c1-12(2)31-17(24)27-10-29-33(26,30-11-28-18(25)32-13(3)4)8-6-5-7-21-9-14(19)15(22)20-16(21)23/h5-6,9,12-13H,7-8,10-11H2,1-4H3,(H,20,22,23)/b6-5-. The molecule has 0 unspecified atom stereocenters. The van der Waals surface area contributed by atoms with Gasteiger partial charge in [-0.3, -0.25) is 28.0 Å². The molecule has 33 heavy (non-hydrogen) atoms. The predicted octanol–water partition coefficient (Wildman–Crippen LogP) is 2.50. The minimum Gasteiger partial charge on any atom is -0.432 e. The van der Waals surface area contributed by atoms with Crippen LogP contribution in [0.5, 0.6) is 0 Å². The number of halogens is 1. The normalized spacial score (nSPS) is 11.7. The van der Waals surface area contributed by atoms with Crippen LogP contribution >= 0.6 is 7.60 Å². The fraction of sp³-hybridized carbons (Fsp3) is 0.556. The maximum Gasteiger partial charge on any atom is 0.510 e. The summed E-state index contributed by atoms with van der Waals surface area (Å²) >= 11 is 0. The molecule has 0 saturated carbocycles. The van der Waals surface area contributed by atoms with Crippen LogP contribution in [0.25, 0.3) is 0 Å². The van der Waals surface area contributed by atoms with Crippen LogP contribution in [-0.2, 0) is 39.1 Å². The Morgan fingerprint density at radius 1 is 1.03 bits per heavy atom. The Kier molecular flexibility index (Phi) is 11.5. The number of hydrogen-bond donors (Lipinski definition) is 1. The number of ether oxygens (including phenoxy) is 4. The van der Waals surface area contributed by atoms with Gasteiger partial charge in [0.2, 0.25) is 19.4 Å². The Balaban J connectivity index is 2.74.